The summed E-state index contributed by atoms with van der Waals surface area (Å²) in [6, 6.07) is 16.9. The average molecular weight is 367 g/mol. The molecule has 0 bridgehead atoms. The molecule has 0 aliphatic heterocycles. The highest BCUT2D eigenvalue weighted by Gasteiger charge is 2.10. The van der Waals surface area contributed by atoms with Crippen LogP contribution in [-0.2, 0) is 6.42 Å². The number of aryl methyl sites for hydroxylation is 1. The molecule has 2 N–H and O–H groups in total. The molecule has 132 valence electrons. The standard InChI is InChI=1S/C20H19ClN4O/c1-14-5-2-3-8-17(14)24-19(26)18-10-12-23-20(25-18)22-11-9-15-6-4-7-16(21)13-15/h2-8,10,12-13H,9,11H2,1H3,(H,24,26)(H,22,23,25). The summed E-state index contributed by atoms with van der Waals surface area (Å²) in [5.74, 6) is 0.157. The van der Waals surface area contributed by atoms with Gasteiger partial charge in [-0.3, -0.25) is 4.79 Å². The van der Waals surface area contributed by atoms with Crippen molar-refractivity contribution in [3.63, 3.8) is 0 Å². The molecule has 2 aromatic carbocycles. The first kappa shape index (κ1) is 17.9. The Morgan fingerprint density at radius 3 is 2.77 bits per heavy atom. The maximum atomic E-state index is 12.4. The van der Waals surface area contributed by atoms with Crippen molar-refractivity contribution in [3.8, 4) is 0 Å². The second kappa shape index (κ2) is 8.45. The maximum Gasteiger partial charge on any atom is 0.274 e. The molecular weight excluding hydrogens is 348 g/mol. The minimum absolute atomic E-state index is 0.264. The molecule has 0 saturated carbocycles. The lowest BCUT2D eigenvalue weighted by Crippen LogP contribution is -2.16. The second-order valence-electron chi connectivity index (χ2n) is 5.84. The molecule has 0 unspecified atom stereocenters. The molecule has 3 aromatic rings. The van der Waals surface area contributed by atoms with Gasteiger partial charge in [-0.15, -0.1) is 0 Å². The average Bonchev–Trinajstić information content (AvgIpc) is 2.64. The minimum atomic E-state index is -0.264. The van der Waals surface area contributed by atoms with Crippen LogP contribution in [-0.4, -0.2) is 22.4 Å². The van der Waals surface area contributed by atoms with Crippen LogP contribution in [0.2, 0.25) is 5.02 Å². The summed E-state index contributed by atoms with van der Waals surface area (Å²) in [6.07, 6.45) is 2.35. The van der Waals surface area contributed by atoms with E-state index in [-0.39, 0.29) is 5.91 Å². The number of para-hydroxylation sites is 1. The number of carbonyl (C=O) groups is 1. The smallest absolute Gasteiger partial charge is 0.274 e. The third-order valence-electron chi connectivity index (χ3n) is 3.87. The molecule has 1 amide bonds. The Morgan fingerprint density at radius 1 is 1.12 bits per heavy atom. The molecule has 0 radical (unpaired) electrons. The van der Waals surface area contributed by atoms with Gasteiger partial charge in [0.2, 0.25) is 5.95 Å². The quantitative estimate of drug-likeness (QED) is 0.680. The van der Waals surface area contributed by atoms with Gasteiger partial charge in [-0.25, -0.2) is 9.97 Å². The van der Waals surface area contributed by atoms with Gasteiger partial charge in [0.1, 0.15) is 5.69 Å². The number of halogens is 1. The first-order chi connectivity index (χ1) is 12.6. The molecule has 0 spiro atoms. The van der Waals surface area contributed by atoms with E-state index in [4.69, 9.17) is 11.6 Å². The van der Waals surface area contributed by atoms with Gasteiger partial charge in [0.05, 0.1) is 0 Å². The molecule has 0 aliphatic carbocycles. The van der Waals surface area contributed by atoms with Gasteiger partial charge in [0.25, 0.3) is 5.91 Å². The first-order valence-corrected chi connectivity index (χ1v) is 8.68. The van der Waals surface area contributed by atoms with Crippen molar-refractivity contribution in [3.05, 3.63) is 82.6 Å². The van der Waals surface area contributed by atoms with Gasteiger partial charge < -0.3 is 10.6 Å². The Kier molecular flexibility index (Phi) is 5.81. The number of rotatable bonds is 6. The van der Waals surface area contributed by atoms with Gasteiger partial charge in [0, 0.05) is 23.5 Å². The van der Waals surface area contributed by atoms with E-state index < -0.39 is 0 Å². The van der Waals surface area contributed by atoms with E-state index in [1.54, 1.807) is 12.3 Å². The summed E-state index contributed by atoms with van der Waals surface area (Å²) < 4.78 is 0. The Hall–Kier alpha value is -2.92. The van der Waals surface area contributed by atoms with Crippen LogP contribution in [0.15, 0.2) is 60.8 Å². The molecule has 3 rings (SSSR count). The topological polar surface area (TPSA) is 66.9 Å². The van der Waals surface area contributed by atoms with Crippen molar-refractivity contribution in [2.75, 3.05) is 17.2 Å². The lowest BCUT2D eigenvalue weighted by atomic mass is 10.1. The Labute approximate surface area is 157 Å². The predicted molar refractivity (Wildman–Crippen MR) is 105 cm³/mol. The first-order valence-electron chi connectivity index (χ1n) is 8.30. The molecule has 0 aliphatic rings. The van der Waals surface area contributed by atoms with E-state index >= 15 is 0 Å². The summed E-state index contributed by atoms with van der Waals surface area (Å²) in [7, 11) is 0. The van der Waals surface area contributed by atoms with Gasteiger partial charge in [-0.05, 0) is 48.7 Å². The van der Waals surface area contributed by atoms with Crippen molar-refractivity contribution >= 4 is 29.1 Å². The largest absolute Gasteiger partial charge is 0.354 e. The summed E-state index contributed by atoms with van der Waals surface area (Å²) in [5.41, 5.74) is 3.20. The number of aromatic nitrogens is 2. The van der Waals surface area contributed by atoms with Crippen LogP contribution in [0.25, 0.3) is 0 Å². The third-order valence-corrected chi connectivity index (χ3v) is 4.10. The van der Waals surface area contributed by atoms with Crippen LogP contribution < -0.4 is 10.6 Å². The molecule has 0 saturated heterocycles. The lowest BCUT2D eigenvalue weighted by molar-refractivity contribution is 0.102. The van der Waals surface area contributed by atoms with Gasteiger partial charge in [-0.2, -0.15) is 0 Å². The van der Waals surface area contributed by atoms with Crippen LogP contribution in [0.5, 0.6) is 0 Å². The minimum Gasteiger partial charge on any atom is -0.354 e. The molecule has 0 fully saturated rings. The number of nitrogens with zero attached hydrogens (tertiary/aromatic N) is 2. The van der Waals surface area contributed by atoms with E-state index in [0.29, 0.717) is 23.2 Å². The number of carbonyl (C=O) groups excluding carboxylic acids is 1. The van der Waals surface area contributed by atoms with Crippen LogP contribution in [0, 0.1) is 6.92 Å². The lowest BCUT2D eigenvalue weighted by Gasteiger charge is -2.09. The second-order valence-corrected chi connectivity index (χ2v) is 6.28. The number of hydrogen-bond donors (Lipinski definition) is 2. The van der Waals surface area contributed by atoms with Gasteiger partial charge in [-0.1, -0.05) is 41.9 Å². The zero-order valence-electron chi connectivity index (χ0n) is 14.4. The fraction of sp³-hybridized carbons (Fsp3) is 0.150. The van der Waals surface area contributed by atoms with Crippen molar-refractivity contribution in [2.45, 2.75) is 13.3 Å². The summed E-state index contributed by atoms with van der Waals surface area (Å²) in [5, 5.41) is 6.72. The number of amides is 1. The van der Waals surface area contributed by atoms with Crippen LogP contribution >= 0.6 is 11.6 Å². The predicted octanol–water partition coefficient (Wildman–Crippen LogP) is 4.35. The summed E-state index contributed by atoms with van der Waals surface area (Å²) >= 11 is 5.98. The Morgan fingerprint density at radius 2 is 1.96 bits per heavy atom. The van der Waals surface area contributed by atoms with Crippen molar-refractivity contribution in [1.29, 1.82) is 0 Å². The Bertz CT molecular complexity index is 914. The van der Waals surface area contributed by atoms with Crippen LogP contribution in [0.4, 0.5) is 11.6 Å². The number of hydrogen-bond acceptors (Lipinski definition) is 4. The van der Waals surface area contributed by atoms with Crippen molar-refractivity contribution < 1.29 is 4.79 Å². The molecule has 1 aromatic heterocycles. The highest BCUT2D eigenvalue weighted by molar-refractivity contribution is 6.30. The molecule has 1 heterocycles. The SMILES string of the molecule is Cc1ccccc1NC(=O)c1ccnc(NCCc2cccc(Cl)c2)n1. The number of benzene rings is 2. The van der Waals surface area contributed by atoms with Gasteiger partial charge in [0.15, 0.2) is 0 Å². The van der Waals surface area contributed by atoms with Crippen molar-refractivity contribution in [2.24, 2.45) is 0 Å². The third kappa shape index (κ3) is 4.80. The molecule has 6 heteroatoms. The maximum absolute atomic E-state index is 12.4. The van der Waals surface area contributed by atoms with Crippen LogP contribution in [0.3, 0.4) is 0 Å². The number of nitrogens with one attached hydrogen (secondary N) is 2. The fourth-order valence-corrected chi connectivity index (χ4v) is 2.69. The van der Waals surface area contributed by atoms with E-state index in [1.807, 2.05) is 55.5 Å². The summed E-state index contributed by atoms with van der Waals surface area (Å²) in [6.45, 7) is 2.58. The van der Waals surface area contributed by atoms with Gasteiger partial charge >= 0.3 is 0 Å². The fourth-order valence-electron chi connectivity index (χ4n) is 2.48. The molecular formula is C20H19ClN4O. The van der Waals surface area contributed by atoms with E-state index in [1.165, 1.54) is 0 Å². The molecule has 0 atom stereocenters. The normalized spacial score (nSPS) is 10.4. The zero-order chi connectivity index (χ0) is 18.4. The van der Waals surface area contributed by atoms with Crippen molar-refractivity contribution in [1.82, 2.24) is 9.97 Å². The molecule has 5 nitrogen and oxygen atoms in total. The van der Waals surface area contributed by atoms with E-state index in [9.17, 15) is 4.79 Å². The molecule has 26 heavy (non-hydrogen) atoms. The Balaban J connectivity index is 1.60. The zero-order valence-corrected chi connectivity index (χ0v) is 15.1. The summed E-state index contributed by atoms with van der Waals surface area (Å²) in [4.78, 5) is 20.9. The van der Waals surface area contributed by atoms with Crippen LogP contribution in [0.1, 0.15) is 21.6 Å². The highest BCUT2D eigenvalue weighted by atomic mass is 35.5. The monoisotopic (exact) mass is 366 g/mol. The van der Waals surface area contributed by atoms with E-state index in [0.717, 1.165) is 23.2 Å². The van der Waals surface area contributed by atoms with E-state index in [2.05, 4.69) is 20.6 Å². The number of anilines is 2. The highest BCUT2D eigenvalue weighted by Crippen LogP contribution is 2.15.